The van der Waals surface area contributed by atoms with Crippen LogP contribution < -0.4 is 5.09 Å². The minimum atomic E-state index is -3.21. The lowest BCUT2D eigenvalue weighted by atomic mass is 10.2. The molecule has 0 saturated carbocycles. The van der Waals surface area contributed by atoms with E-state index in [4.69, 9.17) is 9.05 Å². The molecule has 0 aliphatic heterocycles. The van der Waals surface area contributed by atoms with Crippen LogP contribution in [0, 0.1) is 6.92 Å². The third-order valence-corrected chi connectivity index (χ3v) is 3.61. The predicted molar refractivity (Wildman–Crippen MR) is 65.7 cm³/mol. The highest BCUT2D eigenvalue weighted by Crippen LogP contribution is 2.47. The van der Waals surface area contributed by atoms with Crippen LogP contribution in [0.3, 0.4) is 0 Å². The van der Waals surface area contributed by atoms with Gasteiger partial charge in [0, 0.05) is 5.69 Å². The molecule has 0 unspecified atom stereocenters. The molecule has 0 aliphatic rings. The molecule has 0 atom stereocenters. The molecule has 0 bridgehead atoms. The van der Waals surface area contributed by atoms with E-state index in [9.17, 15) is 4.57 Å². The second-order valence-corrected chi connectivity index (χ2v) is 5.05. The van der Waals surface area contributed by atoms with E-state index in [1.807, 2.05) is 31.2 Å². The predicted octanol–water partition coefficient (Wildman–Crippen LogP) is 3.59. The van der Waals surface area contributed by atoms with Gasteiger partial charge in [-0.25, -0.2) is 4.57 Å². The Morgan fingerprint density at radius 2 is 1.88 bits per heavy atom. The first-order valence-corrected chi connectivity index (χ1v) is 6.88. The molecule has 1 aromatic rings. The van der Waals surface area contributed by atoms with E-state index in [-0.39, 0.29) is 0 Å². The smallest absolute Gasteiger partial charge is 0.293 e. The fourth-order valence-electron chi connectivity index (χ4n) is 1.31. The van der Waals surface area contributed by atoms with Crippen LogP contribution in [-0.4, -0.2) is 13.2 Å². The lowest BCUT2D eigenvalue weighted by Gasteiger charge is -2.18. The maximum absolute atomic E-state index is 12.1. The summed E-state index contributed by atoms with van der Waals surface area (Å²) in [6, 6.07) is 7.58. The molecule has 1 N–H and O–H groups in total. The van der Waals surface area contributed by atoms with Crippen molar-refractivity contribution >= 4 is 13.4 Å². The highest BCUT2D eigenvalue weighted by molar-refractivity contribution is 7.55. The molecule has 90 valence electrons. The maximum atomic E-state index is 12.1. The minimum absolute atomic E-state index is 0.343. The summed E-state index contributed by atoms with van der Waals surface area (Å²) in [5.41, 5.74) is 1.83. The average molecular weight is 243 g/mol. The highest BCUT2D eigenvalue weighted by Gasteiger charge is 2.23. The number of aryl methyl sites for hydroxylation is 1. The first kappa shape index (κ1) is 13.2. The van der Waals surface area contributed by atoms with Crippen molar-refractivity contribution in [3.8, 4) is 0 Å². The molecule has 1 rings (SSSR count). The molecule has 1 aromatic carbocycles. The van der Waals surface area contributed by atoms with Crippen molar-refractivity contribution in [2.24, 2.45) is 0 Å². The Labute approximate surface area is 96.6 Å². The molecule has 0 aromatic heterocycles. The van der Waals surface area contributed by atoms with Crippen molar-refractivity contribution in [1.29, 1.82) is 0 Å². The summed E-state index contributed by atoms with van der Waals surface area (Å²) in [5, 5.41) is 2.81. The van der Waals surface area contributed by atoms with Gasteiger partial charge < -0.3 is 0 Å². The SMILES string of the molecule is CCOP(=O)(Nc1cccc(C)c1)OCC. The molecule has 0 aliphatic carbocycles. The standard InChI is InChI=1S/C11H18NO3P/c1-4-14-16(13,15-5-2)12-11-8-6-7-10(3)9-11/h6-9H,4-5H2,1-3H3,(H,12,13). The molecule has 16 heavy (non-hydrogen) atoms. The highest BCUT2D eigenvalue weighted by atomic mass is 31.2. The fraction of sp³-hybridized carbons (Fsp3) is 0.455. The van der Waals surface area contributed by atoms with Crippen LogP contribution in [0.25, 0.3) is 0 Å². The minimum Gasteiger partial charge on any atom is -0.293 e. The van der Waals surface area contributed by atoms with E-state index in [0.717, 1.165) is 11.3 Å². The Bertz CT molecular complexity index is 371. The third-order valence-electron chi connectivity index (χ3n) is 1.88. The van der Waals surface area contributed by atoms with Crippen molar-refractivity contribution < 1.29 is 13.6 Å². The number of hydrogen-bond acceptors (Lipinski definition) is 3. The number of hydrogen-bond donors (Lipinski definition) is 1. The van der Waals surface area contributed by atoms with E-state index in [0.29, 0.717) is 13.2 Å². The van der Waals surface area contributed by atoms with E-state index in [1.165, 1.54) is 0 Å². The number of rotatable bonds is 6. The lowest BCUT2D eigenvalue weighted by molar-refractivity contribution is 0.225. The van der Waals surface area contributed by atoms with E-state index < -0.39 is 7.75 Å². The molecule has 5 heteroatoms. The molecular formula is C11H18NO3P. The van der Waals surface area contributed by atoms with Gasteiger partial charge >= 0.3 is 7.75 Å². The zero-order chi connectivity index (χ0) is 12.0. The van der Waals surface area contributed by atoms with Gasteiger partial charge in [0.25, 0.3) is 0 Å². The van der Waals surface area contributed by atoms with Crippen LogP contribution in [0.4, 0.5) is 5.69 Å². The summed E-state index contributed by atoms with van der Waals surface area (Å²) in [5.74, 6) is 0. The van der Waals surface area contributed by atoms with Crippen molar-refractivity contribution in [2.45, 2.75) is 20.8 Å². The van der Waals surface area contributed by atoms with Gasteiger partial charge in [-0.1, -0.05) is 12.1 Å². The lowest BCUT2D eigenvalue weighted by Crippen LogP contribution is -2.04. The van der Waals surface area contributed by atoms with E-state index >= 15 is 0 Å². The Balaban J connectivity index is 2.79. The van der Waals surface area contributed by atoms with Gasteiger partial charge in [0.15, 0.2) is 0 Å². The van der Waals surface area contributed by atoms with Gasteiger partial charge in [-0.15, -0.1) is 0 Å². The molecule has 4 nitrogen and oxygen atoms in total. The first-order chi connectivity index (χ1) is 7.59. The fourth-order valence-corrected chi connectivity index (χ4v) is 2.65. The van der Waals surface area contributed by atoms with Crippen LogP contribution in [0.1, 0.15) is 19.4 Å². The van der Waals surface area contributed by atoms with Gasteiger partial charge in [-0.2, -0.15) is 0 Å². The number of anilines is 1. The molecule has 0 heterocycles. The molecule has 0 fully saturated rings. The molecular weight excluding hydrogens is 225 g/mol. The van der Waals surface area contributed by atoms with Gasteiger partial charge in [0.1, 0.15) is 0 Å². The molecule has 0 radical (unpaired) electrons. The second-order valence-electron chi connectivity index (χ2n) is 3.31. The summed E-state index contributed by atoms with van der Waals surface area (Å²) in [4.78, 5) is 0. The third kappa shape index (κ3) is 3.97. The van der Waals surface area contributed by atoms with Crippen LogP contribution in [0.5, 0.6) is 0 Å². The molecule has 0 saturated heterocycles. The van der Waals surface area contributed by atoms with Crippen molar-refractivity contribution in [3.05, 3.63) is 29.8 Å². The Kier molecular flexibility index (Phi) is 5.00. The Morgan fingerprint density at radius 3 is 2.38 bits per heavy atom. The number of nitrogens with one attached hydrogen (secondary N) is 1. The van der Waals surface area contributed by atoms with Crippen molar-refractivity contribution in [3.63, 3.8) is 0 Å². The average Bonchev–Trinajstić information content (AvgIpc) is 2.17. The van der Waals surface area contributed by atoms with Crippen molar-refractivity contribution in [2.75, 3.05) is 18.3 Å². The summed E-state index contributed by atoms with van der Waals surface area (Å²) in [6.07, 6.45) is 0. The van der Waals surface area contributed by atoms with Gasteiger partial charge in [-0.3, -0.25) is 14.1 Å². The maximum Gasteiger partial charge on any atom is 0.432 e. The van der Waals surface area contributed by atoms with Crippen molar-refractivity contribution in [1.82, 2.24) is 0 Å². The monoisotopic (exact) mass is 243 g/mol. The second kappa shape index (κ2) is 6.04. The first-order valence-electron chi connectivity index (χ1n) is 5.33. The van der Waals surface area contributed by atoms with Crippen LogP contribution in [0.15, 0.2) is 24.3 Å². The van der Waals surface area contributed by atoms with E-state index in [2.05, 4.69) is 5.09 Å². The Hall–Kier alpha value is -0.830. The van der Waals surface area contributed by atoms with Crippen LogP contribution >= 0.6 is 7.75 Å². The van der Waals surface area contributed by atoms with Gasteiger partial charge in [-0.05, 0) is 38.5 Å². The van der Waals surface area contributed by atoms with Gasteiger partial charge in [0.2, 0.25) is 0 Å². The topological polar surface area (TPSA) is 47.6 Å². The normalized spacial score (nSPS) is 11.4. The van der Waals surface area contributed by atoms with E-state index in [1.54, 1.807) is 13.8 Å². The van der Waals surface area contributed by atoms with Gasteiger partial charge in [0.05, 0.1) is 13.2 Å². The quantitative estimate of drug-likeness (QED) is 0.775. The molecule has 0 spiro atoms. The summed E-state index contributed by atoms with van der Waals surface area (Å²) in [6.45, 7) is 6.22. The largest absolute Gasteiger partial charge is 0.432 e. The van der Waals surface area contributed by atoms with Crippen LogP contribution in [0.2, 0.25) is 0 Å². The zero-order valence-electron chi connectivity index (χ0n) is 9.90. The number of benzene rings is 1. The summed E-state index contributed by atoms with van der Waals surface area (Å²) in [7, 11) is -3.21. The summed E-state index contributed by atoms with van der Waals surface area (Å²) < 4.78 is 22.4. The Morgan fingerprint density at radius 1 is 1.25 bits per heavy atom. The van der Waals surface area contributed by atoms with Crippen LogP contribution in [-0.2, 0) is 13.6 Å². The zero-order valence-corrected chi connectivity index (χ0v) is 10.8. The molecule has 0 amide bonds. The summed E-state index contributed by atoms with van der Waals surface area (Å²) >= 11 is 0.